The van der Waals surface area contributed by atoms with E-state index in [1.54, 1.807) is 0 Å². The zero-order chi connectivity index (χ0) is 8.91. The molecule has 2 N–H and O–H groups in total. The highest BCUT2D eigenvalue weighted by molar-refractivity contribution is 5.67. The summed E-state index contributed by atoms with van der Waals surface area (Å²) in [6.07, 6.45) is -0.494. The van der Waals surface area contributed by atoms with E-state index in [0.717, 1.165) is 0 Å². The molecule has 0 heterocycles. The number of rotatable bonds is 2. The Kier molecular flexibility index (Phi) is 3.89. The maximum absolute atomic E-state index is 10.8. The molecule has 0 fully saturated rings. The third-order valence-corrected chi connectivity index (χ3v) is 0.802. The first-order valence-corrected chi connectivity index (χ1v) is 3.51. The van der Waals surface area contributed by atoms with Crippen molar-refractivity contribution in [2.24, 2.45) is 0 Å². The molecule has 0 aliphatic carbocycles. The van der Waals surface area contributed by atoms with Crippen LogP contribution in [0.4, 0.5) is 4.79 Å². The van der Waals surface area contributed by atoms with E-state index in [9.17, 15) is 4.79 Å². The maximum Gasteiger partial charge on any atom is 0.407 e. The highest BCUT2D eigenvalue weighted by atomic mass is 16.6. The van der Waals surface area contributed by atoms with Crippen molar-refractivity contribution < 1.29 is 14.6 Å². The highest BCUT2D eigenvalue weighted by Crippen LogP contribution is 1.98. The monoisotopic (exact) mass is 161 g/mol. The summed E-state index contributed by atoms with van der Waals surface area (Å²) in [5, 5.41) is 10.9. The first-order chi connectivity index (χ1) is 4.95. The normalized spacial score (nSPS) is 10.9. The van der Waals surface area contributed by atoms with Crippen LogP contribution < -0.4 is 5.32 Å². The van der Waals surface area contributed by atoms with Crippen LogP contribution in [0.15, 0.2) is 0 Å². The van der Waals surface area contributed by atoms with E-state index in [1.807, 2.05) is 20.8 Å². The zero-order valence-electron chi connectivity index (χ0n) is 7.18. The number of nitrogens with one attached hydrogen (secondary N) is 1. The minimum absolute atomic E-state index is 0.0436. The molecule has 0 radical (unpaired) electrons. The second-order valence-electron chi connectivity index (χ2n) is 3.23. The van der Waals surface area contributed by atoms with Crippen molar-refractivity contribution in [3.05, 3.63) is 0 Å². The molecule has 0 atom stereocenters. The predicted molar refractivity (Wildman–Crippen MR) is 41.3 cm³/mol. The SMILES string of the molecule is CC(C)(C)NC(=O)OCCO. The van der Waals surface area contributed by atoms with Crippen molar-refractivity contribution in [3.8, 4) is 0 Å². The number of carbonyl (C=O) groups is 1. The average molecular weight is 161 g/mol. The molecule has 0 saturated heterocycles. The van der Waals surface area contributed by atoms with E-state index < -0.39 is 6.09 Å². The molecular formula is C7H15NO3. The van der Waals surface area contributed by atoms with Gasteiger partial charge in [0, 0.05) is 5.54 Å². The Hall–Kier alpha value is -0.770. The van der Waals surface area contributed by atoms with Gasteiger partial charge < -0.3 is 15.2 Å². The quantitative estimate of drug-likeness (QED) is 0.620. The number of ether oxygens (including phenoxy) is 1. The third-order valence-electron chi connectivity index (χ3n) is 0.802. The molecule has 0 aromatic heterocycles. The Morgan fingerprint density at radius 3 is 2.45 bits per heavy atom. The predicted octanol–water partition coefficient (Wildman–Crippen LogP) is 0.503. The van der Waals surface area contributed by atoms with Crippen LogP contribution in [-0.4, -0.2) is 30.0 Å². The van der Waals surface area contributed by atoms with E-state index in [4.69, 9.17) is 5.11 Å². The Morgan fingerprint density at radius 1 is 1.55 bits per heavy atom. The molecule has 0 unspecified atom stereocenters. The second kappa shape index (κ2) is 4.18. The lowest BCUT2D eigenvalue weighted by Gasteiger charge is -2.19. The van der Waals surface area contributed by atoms with Gasteiger partial charge in [-0.25, -0.2) is 4.79 Å². The van der Waals surface area contributed by atoms with Gasteiger partial charge in [-0.2, -0.15) is 0 Å². The average Bonchev–Trinajstić information content (AvgIpc) is 1.79. The van der Waals surface area contributed by atoms with Gasteiger partial charge in [0.2, 0.25) is 0 Å². The summed E-state index contributed by atoms with van der Waals surface area (Å²) in [5.74, 6) is 0. The molecule has 4 nitrogen and oxygen atoms in total. The molecular weight excluding hydrogens is 146 g/mol. The van der Waals surface area contributed by atoms with Crippen molar-refractivity contribution >= 4 is 6.09 Å². The van der Waals surface area contributed by atoms with Crippen molar-refractivity contribution in [1.29, 1.82) is 0 Å². The molecule has 11 heavy (non-hydrogen) atoms. The summed E-state index contributed by atoms with van der Waals surface area (Å²) in [5.41, 5.74) is -0.285. The lowest BCUT2D eigenvalue weighted by molar-refractivity contribution is 0.113. The Labute approximate surface area is 66.5 Å². The fourth-order valence-electron chi connectivity index (χ4n) is 0.481. The summed E-state index contributed by atoms with van der Waals surface area (Å²) in [7, 11) is 0. The molecule has 1 amide bonds. The lowest BCUT2D eigenvalue weighted by atomic mass is 10.1. The molecule has 0 aromatic carbocycles. The first-order valence-electron chi connectivity index (χ1n) is 3.51. The van der Waals surface area contributed by atoms with Crippen LogP contribution in [0.2, 0.25) is 0 Å². The van der Waals surface area contributed by atoms with Crippen molar-refractivity contribution in [1.82, 2.24) is 5.32 Å². The molecule has 0 aliphatic rings. The van der Waals surface area contributed by atoms with Crippen LogP contribution in [0, 0.1) is 0 Å². The Bertz CT molecular complexity index is 128. The summed E-state index contributed by atoms with van der Waals surface area (Å²) in [6, 6.07) is 0. The van der Waals surface area contributed by atoms with E-state index in [0.29, 0.717) is 0 Å². The van der Waals surface area contributed by atoms with E-state index in [1.165, 1.54) is 0 Å². The number of aliphatic hydroxyl groups is 1. The number of hydrogen-bond donors (Lipinski definition) is 2. The van der Waals surface area contributed by atoms with Crippen LogP contribution >= 0.6 is 0 Å². The summed E-state index contributed by atoms with van der Waals surface area (Å²) in [6.45, 7) is 5.47. The lowest BCUT2D eigenvalue weighted by Crippen LogP contribution is -2.41. The number of alkyl carbamates (subject to hydrolysis) is 1. The van der Waals surface area contributed by atoms with Crippen molar-refractivity contribution in [3.63, 3.8) is 0 Å². The van der Waals surface area contributed by atoms with Crippen molar-refractivity contribution in [2.75, 3.05) is 13.2 Å². The highest BCUT2D eigenvalue weighted by Gasteiger charge is 2.13. The largest absolute Gasteiger partial charge is 0.447 e. The van der Waals surface area contributed by atoms with E-state index in [-0.39, 0.29) is 18.8 Å². The van der Waals surface area contributed by atoms with Crippen LogP contribution in [0.25, 0.3) is 0 Å². The molecule has 0 rings (SSSR count). The standard InChI is InChI=1S/C7H15NO3/c1-7(2,3)8-6(10)11-5-4-9/h9H,4-5H2,1-3H3,(H,8,10). The minimum Gasteiger partial charge on any atom is -0.447 e. The molecule has 0 aliphatic heterocycles. The second-order valence-corrected chi connectivity index (χ2v) is 3.23. The maximum atomic E-state index is 10.8. The van der Waals surface area contributed by atoms with Gasteiger partial charge >= 0.3 is 6.09 Å². The molecule has 0 spiro atoms. The molecule has 0 saturated carbocycles. The number of hydrogen-bond acceptors (Lipinski definition) is 3. The number of aliphatic hydroxyl groups excluding tert-OH is 1. The summed E-state index contributed by atoms with van der Waals surface area (Å²) < 4.78 is 4.57. The number of amides is 1. The van der Waals surface area contributed by atoms with Gasteiger partial charge in [-0.15, -0.1) is 0 Å². The molecule has 66 valence electrons. The first kappa shape index (κ1) is 10.2. The van der Waals surface area contributed by atoms with Gasteiger partial charge in [-0.05, 0) is 20.8 Å². The molecule has 4 heteroatoms. The summed E-state index contributed by atoms with van der Waals surface area (Å²) in [4.78, 5) is 10.8. The van der Waals surface area contributed by atoms with Gasteiger partial charge in [-0.1, -0.05) is 0 Å². The van der Waals surface area contributed by atoms with Gasteiger partial charge in [0.15, 0.2) is 0 Å². The van der Waals surface area contributed by atoms with E-state index in [2.05, 4.69) is 10.1 Å². The van der Waals surface area contributed by atoms with Crippen LogP contribution in [-0.2, 0) is 4.74 Å². The van der Waals surface area contributed by atoms with Crippen LogP contribution in [0.5, 0.6) is 0 Å². The fraction of sp³-hybridized carbons (Fsp3) is 0.857. The Morgan fingerprint density at radius 2 is 2.09 bits per heavy atom. The fourth-order valence-corrected chi connectivity index (χ4v) is 0.481. The summed E-state index contributed by atoms with van der Waals surface area (Å²) >= 11 is 0. The third kappa shape index (κ3) is 7.12. The van der Waals surface area contributed by atoms with Crippen LogP contribution in [0.1, 0.15) is 20.8 Å². The molecule has 0 bridgehead atoms. The van der Waals surface area contributed by atoms with E-state index >= 15 is 0 Å². The van der Waals surface area contributed by atoms with Gasteiger partial charge in [0.05, 0.1) is 6.61 Å². The topological polar surface area (TPSA) is 58.6 Å². The van der Waals surface area contributed by atoms with Crippen molar-refractivity contribution in [2.45, 2.75) is 26.3 Å². The molecule has 0 aromatic rings. The van der Waals surface area contributed by atoms with Gasteiger partial charge in [0.25, 0.3) is 0 Å². The van der Waals surface area contributed by atoms with Gasteiger partial charge in [0.1, 0.15) is 6.61 Å². The van der Waals surface area contributed by atoms with Crippen LogP contribution in [0.3, 0.4) is 0 Å². The van der Waals surface area contributed by atoms with Gasteiger partial charge in [-0.3, -0.25) is 0 Å². The number of carbonyl (C=O) groups excluding carboxylic acids is 1. The Balaban J connectivity index is 3.53. The minimum atomic E-state index is -0.494. The smallest absolute Gasteiger partial charge is 0.407 e. The zero-order valence-corrected chi connectivity index (χ0v) is 7.18.